The van der Waals surface area contributed by atoms with Gasteiger partial charge in [-0.05, 0) is 31.8 Å². The number of amides is 1. The van der Waals surface area contributed by atoms with E-state index in [1.54, 1.807) is 12.2 Å². The van der Waals surface area contributed by atoms with E-state index in [-0.39, 0.29) is 5.91 Å². The molecule has 1 N–H and O–H groups in total. The molecule has 0 saturated carbocycles. The van der Waals surface area contributed by atoms with E-state index < -0.39 is 0 Å². The molecule has 0 radical (unpaired) electrons. The molecule has 17 heavy (non-hydrogen) atoms. The molecule has 90 valence electrons. The van der Waals surface area contributed by atoms with Gasteiger partial charge in [0.1, 0.15) is 0 Å². The molecule has 0 saturated heterocycles. The molecule has 0 aliphatic rings. The van der Waals surface area contributed by atoms with Crippen molar-refractivity contribution in [1.29, 1.82) is 0 Å². The van der Waals surface area contributed by atoms with Crippen LogP contribution < -0.4 is 5.32 Å². The van der Waals surface area contributed by atoms with Crippen molar-refractivity contribution < 1.29 is 4.79 Å². The van der Waals surface area contributed by atoms with Gasteiger partial charge in [0.2, 0.25) is 5.91 Å². The van der Waals surface area contributed by atoms with Gasteiger partial charge < -0.3 is 10.2 Å². The van der Waals surface area contributed by atoms with Gasteiger partial charge in [-0.1, -0.05) is 30.9 Å². The van der Waals surface area contributed by atoms with E-state index >= 15 is 0 Å². The van der Waals surface area contributed by atoms with Gasteiger partial charge in [-0.2, -0.15) is 0 Å². The number of carbonyl (C=O) groups is 1. The summed E-state index contributed by atoms with van der Waals surface area (Å²) >= 11 is 0. The first-order valence-electron chi connectivity index (χ1n) is 5.46. The molecule has 3 heteroatoms. The minimum absolute atomic E-state index is 0.113. The van der Waals surface area contributed by atoms with Crippen LogP contribution in [0.3, 0.4) is 0 Å². The van der Waals surface area contributed by atoms with E-state index in [1.807, 2.05) is 49.3 Å². The van der Waals surface area contributed by atoms with Gasteiger partial charge >= 0.3 is 0 Å². The van der Waals surface area contributed by atoms with Gasteiger partial charge in [-0.15, -0.1) is 0 Å². The standard InChI is InChI=1S/C14H18N2O/c1-4-12-7-9-13(10-8-12)15-14(17)6-5-11-16(2)3/h4-10H,1,11H2,2-3H3,(H,15,17)/b6-5+. The van der Waals surface area contributed by atoms with Crippen LogP contribution in [-0.4, -0.2) is 31.4 Å². The molecule has 0 aliphatic heterocycles. The zero-order valence-electron chi connectivity index (χ0n) is 10.3. The van der Waals surface area contributed by atoms with Crippen molar-refractivity contribution in [3.63, 3.8) is 0 Å². The fourth-order valence-electron chi connectivity index (χ4n) is 1.26. The zero-order valence-corrected chi connectivity index (χ0v) is 10.3. The van der Waals surface area contributed by atoms with Gasteiger partial charge in [0.05, 0.1) is 0 Å². The fourth-order valence-corrected chi connectivity index (χ4v) is 1.26. The molecule has 0 fully saturated rings. The van der Waals surface area contributed by atoms with Gasteiger partial charge in [0.15, 0.2) is 0 Å². The quantitative estimate of drug-likeness (QED) is 0.788. The Labute approximate surface area is 102 Å². The number of carbonyl (C=O) groups excluding carboxylic acids is 1. The Morgan fingerprint density at radius 2 is 2.00 bits per heavy atom. The number of rotatable bonds is 5. The van der Waals surface area contributed by atoms with E-state index in [1.165, 1.54) is 0 Å². The smallest absolute Gasteiger partial charge is 0.248 e. The number of nitrogens with one attached hydrogen (secondary N) is 1. The lowest BCUT2D eigenvalue weighted by atomic mass is 10.2. The summed E-state index contributed by atoms with van der Waals surface area (Å²) < 4.78 is 0. The first-order chi connectivity index (χ1) is 8.11. The van der Waals surface area contributed by atoms with Gasteiger partial charge in [0.25, 0.3) is 0 Å². The average molecular weight is 230 g/mol. The maximum Gasteiger partial charge on any atom is 0.248 e. The molecule has 1 aromatic carbocycles. The molecule has 0 atom stereocenters. The molecular weight excluding hydrogens is 212 g/mol. The van der Waals surface area contributed by atoms with Crippen LogP contribution in [-0.2, 0) is 4.79 Å². The van der Waals surface area contributed by atoms with Gasteiger partial charge in [0, 0.05) is 18.3 Å². The molecule has 0 bridgehead atoms. The summed E-state index contributed by atoms with van der Waals surface area (Å²) in [7, 11) is 3.91. The SMILES string of the molecule is C=Cc1ccc(NC(=O)/C=C/CN(C)C)cc1. The Kier molecular flexibility index (Phi) is 5.17. The highest BCUT2D eigenvalue weighted by Crippen LogP contribution is 2.10. The van der Waals surface area contributed by atoms with Crippen LogP contribution in [0.15, 0.2) is 43.0 Å². The van der Waals surface area contributed by atoms with Crippen LogP contribution >= 0.6 is 0 Å². The van der Waals surface area contributed by atoms with Crippen molar-refractivity contribution in [1.82, 2.24) is 4.90 Å². The summed E-state index contributed by atoms with van der Waals surface area (Å²) in [4.78, 5) is 13.5. The van der Waals surface area contributed by atoms with E-state index in [9.17, 15) is 4.79 Å². The lowest BCUT2D eigenvalue weighted by molar-refractivity contribution is -0.111. The number of anilines is 1. The van der Waals surface area contributed by atoms with Crippen LogP contribution in [0.4, 0.5) is 5.69 Å². The molecular formula is C14H18N2O. The van der Waals surface area contributed by atoms with Crippen LogP contribution in [0.25, 0.3) is 6.08 Å². The highest BCUT2D eigenvalue weighted by Gasteiger charge is 1.97. The summed E-state index contributed by atoms with van der Waals surface area (Å²) in [6.45, 7) is 4.43. The molecule has 0 unspecified atom stereocenters. The third-order valence-corrected chi connectivity index (χ3v) is 2.15. The molecule has 0 spiro atoms. The van der Waals surface area contributed by atoms with E-state index in [2.05, 4.69) is 11.9 Å². The van der Waals surface area contributed by atoms with E-state index in [0.29, 0.717) is 0 Å². The number of hydrogen-bond donors (Lipinski definition) is 1. The maximum absolute atomic E-state index is 11.5. The summed E-state index contributed by atoms with van der Waals surface area (Å²) in [6.07, 6.45) is 5.14. The molecule has 0 aromatic heterocycles. The van der Waals surface area contributed by atoms with Crippen molar-refractivity contribution in [2.45, 2.75) is 0 Å². The molecule has 0 heterocycles. The van der Waals surface area contributed by atoms with Crippen molar-refractivity contribution in [2.75, 3.05) is 26.0 Å². The number of likely N-dealkylation sites (N-methyl/N-ethyl adjacent to an activating group) is 1. The minimum Gasteiger partial charge on any atom is -0.323 e. The average Bonchev–Trinajstić information content (AvgIpc) is 2.29. The monoisotopic (exact) mass is 230 g/mol. The second kappa shape index (κ2) is 6.66. The first kappa shape index (κ1) is 13.2. The second-order valence-electron chi connectivity index (χ2n) is 3.98. The number of benzene rings is 1. The Morgan fingerprint density at radius 1 is 1.35 bits per heavy atom. The summed E-state index contributed by atoms with van der Waals surface area (Å²) in [5.41, 5.74) is 1.82. The van der Waals surface area contributed by atoms with Crippen LogP contribution in [0.1, 0.15) is 5.56 Å². The molecule has 1 rings (SSSR count). The van der Waals surface area contributed by atoms with Crippen LogP contribution in [0.5, 0.6) is 0 Å². The van der Waals surface area contributed by atoms with Crippen LogP contribution in [0, 0.1) is 0 Å². The molecule has 0 aliphatic carbocycles. The summed E-state index contributed by atoms with van der Waals surface area (Å²) in [5.74, 6) is -0.113. The Bertz CT molecular complexity index is 405. The van der Waals surface area contributed by atoms with Crippen molar-refractivity contribution in [3.8, 4) is 0 Å². The van der Waals surface area contributed by atoms with E-state index in [0.717, 1.165) is 17.8 Å². The first-order valence-corrected chi connectivity index (χ1v) is 5.46. The van der Waals surface area contributed by atoms with E-state index in [4.69, 9.17) is 0 Å². The van der Waals surface area contributed by atoms with Gasteiger partial charge in [-0.3, -0.25) is 4.79 Å². The lowest BCUT2D eigenvalue weighted by Gasteiger charge is -2.04. The normalized spacial score (nSPS) is 10.8. The Morgan fingerprint density at radius 3 is 2.53 bits per heavy atom. The fraction of sp³-hybridized carbons (Fsp3) is 0.214. The lowest BCUT2D eigenvalue weighted by Crippen LogP contribution is -2.12. The highest BCUT2D eigenvalue weighted by molar-refractivity contribution is 5.99. The minimum atomic E-state index is -0.113. The Balaban J connectivity index is 2.50. The molecule has 1 aromatic rings. The second-order valence-corrected chi connectivity index (χ2v) is 3.98. The summed E-state index contributed by atoms with van der Waals surface area (Å²) in [6, 6.07) is 7.53. The zero-order chi connectivity index (χ0) is 12.7. The van der Waals surface area contributed by atoms with Gasteiger partial charge in [-0.25, -0.2) is 0 Å². The largest absolute Gasteiger partial charge is 0.323 e. The predicted octanol–water partition coefficient (Wildman–Crippen LogP) is 2.39. The number of hydrogen-bond acceptors (Lipinski definition) is 2. The number of nitrogens with zero attached hydrogens (tertiary/aromatic N) is 1. The predicted molar refractivity (Wildman–Crippen MR) is 72.9 cm³/mol. The molecule has 1 amide bonds. The maximum atomic E-state index is 11.5. The highest BCUT2D eigenvalue weighted by atomic mass is 16.1. The topological polar surface area (TPSA) is 32.3 Å². The van der Waals surface area contributed by atoms with Crippen molar-refractivity contribution >= 4 is 17.7 Å². The Hall–Kier alpha value is -1.87. The van der Waals surface area contributed by atoms with Crippen LogP contribution in [0.2, 0.25) is 0 Å². The summed E-state index contributed by atoms with van der Waals surface area (Å²) in [5, 5.41) is 2.79. The van der Waals surface area contributed by atoms with Crippen molar-refractivity contribution in [2.24, 2.45) is 0 Å². The van der Waals surface area contributed by atoms with Crippen molar-refractivity contribution in [3.05, 3.63) is 48.6 Å². The third kappa shape index (κ3) is 5.13. The third-order valence-electron chi connectivity index (χ3n) is 2.15. The molecule has 3 nitrogen and oxygen atoms in total.